The molecule has 0 spiro atoms. The van der Waals surface area contributed by atoms with Crippen LogP contribution in [-0.2, 0) is 19.5 Å². The Kier molecular flexibility index (Phi) is 11.1. The van der Waals surface area contributed by atoms with E-state index in [2.05, 4.69) is 53.6 Å². The van der Waals surface area contributed by atoms with E-state index >= 15 is 0 Å². The summed E-state index contributed by atoms with van der Waals surface area (Å²) in [6.45, 7) is 8.54. The molecule has 0 amide bonds. The number of halogens is 1. The Bertz CT molecular complexity index is 897. The number of fused-ring (bicyclic) bond motifs is 1. The molecule has 33 heavy (non-hydrogen) atoms. The van der Waals surface area contributed by atoms with Gasteiger partial charge in [0.2, 0.25) is 5.75 Å². The van der Waals surface area contributed by atoms with Crippen LogP contribution >= 0.6 is 24.0 Å². The summed E-state index contributed by atoms with van der Waals surface area (Å²) in [7, 11) is 4.85. The van der Waals surface area contributed by atoms with Gasteiger partial charge in [0.25, 0.3) is 0 Å². The van der Waals surface area contributed by atoms with Crippen LogP contribution in [0.15, 0.2) is 41.4 Å². The summed E-state index contributed by atoms with van der Waals surface area (Å²) in [6.07, 6.45) is 1.11. The van der Waals surface area contributed by atoms with Gasteiger partial charge >= 0.3 is 0 Å². The van der Waals surface area contributed by atoms with Crippen molar-refractivity contribution in [2.24, 2.45) is 4.99 Å². The van der Waals surface area contributed by atoms with Crippen molar-refractivity contribution < 1.29 is 14.2 Å². The number of benzene rings is 2. The summed E-state index contributed by atoms with van der Waals surface area (Å²) in [4.78, 5) is 7.29. The van der Waals surface area contributed by atoms with Crippen molar-refractivity contribution in [2.75, 3.05) is 41.0 Å². The Balaban J connectivity index is 0.00000385. The predicted octanol–water partition coefficient (Wildman–Crippen LogP) is 3.83. The maximum absolute atomic E-state index is 5.45. The number of hydrogen-bond donors (Lipinski definition) is 2. The molecule has 0 radical (unpaired) electrons. The molecular weight excluding hydrogens is 531 g/mol. The number of hydrogen-bond acceptors (Lipinski definition) is 5. The maximum Gasteiger partial charge on any atom is 0.203 e. The average molecular weight is 569 g/mol. The zero-order chi connectivity index (χ0) is 22.9. The summed E-state index contributed by atoms with van der Waals surface area (Å²) in [5.74, 6) is 2.65. The van der Waals surface area contributed by atoms with E-state index in [1.165, 1.54) is 11.1 Å². The van der Waals surface area contributed by atoms with Crippen LogP contribution in [0.25, 0.3) is 0 Å². The topological polar surface area (TPSA) is 67.4 Å². The normalized spacial score (nSPS) is 14.5. The monoisotopic (exact) mass is 568 g/mol. The maximum atomic E-state index is 5.45. The molecule has 0 bridgehead atoms. The minimum Gasteiger partial charge on any atom is -0.493 e. The lowest BCUT2D eigenvalue weighted by Gasteiger charge is -2.34. The van der Waals surface area contributed by atoms with Gasteiger partial charge in [-0.15, -0.1) is 24.0 Å². The van der Waals surface area contributed by atoms with Gasteiger partial charge in [0.15, 0.2) is 17.5 Å². The van der Waals surface area contributed by atoms with E-state index in [0.29, 0.717) is 29.8 Å². The molecule has 1 aliphatic heterocycles. The minimum atomic E-state index is 0. The zero-order valence-electron chi connectivity index (χ0n) is 20.3. The van der Waals surface area contributed by atoms with Crippen LogP contribution in [0.3, 0.4) is 0 Å². The molecule has 7 nitrogen and oxygen atoms in total. The van der Waals surface area contributed by atoms with Crippen molar-refractivity contribution in [3.8, 4) is 17.2 Å². The van der Waals surface area contributed by atoms with Crippen molar-refractivity contribution in [1.29, 1.82) is 0 Å². The summed E-state index contributed by atoms with van der Waals surface area (Å²) in [5, 5.41) is 6.84. The number of rotatable bonds is 9. The van der Waals surface area contributed by atoms with Crippen LogP contribution in [0, 0.1) is 0 Å². The molecule has 0 aliphatic carbocycles. The van der Waals surface area contributed by atoms with E-state index in [1.807, 2.05) is 12.1 Å². The average Bonchev–Trinajstić information content (AvgIpc) is 2.84. The van der Waals surface area contributed by atoms with Gasteiger partial charge in [-0.25, -0.2) is 4.99 Å². The van der Waals surface area contributed by atoms with Crippen LogP contribution in [0.5, 0.6) is 17.2 Å². The Morgan fingerprint density at radius 2 is 1.70 bits per heavy atom. The zero-order valence-corrected chi connectivity index (χ0v) is 22.6. The van der Waals surface area contributed by atoms with E-state index in [4.69, 9.17) is 19.2 Å². The molecule has 1 atom stereocenters. The number of methoxy groups -OCH3 is 3. The molecule has 0 aromatic heterocycles. The Hall–Kier alpha value is -2.20. The highest BCUT2D eigenvalue weighted by Crippen LogP contribution is 2.38. The van der Waals surface area contributed by atoms with Crippen LogP contribution in [0.1, 0.15) is 30.5 Å². The second-order valence-corrected chi connectivity index (χ2v) is 7.95. The first kappa shape index (κ1) is 27.0. The molecule has 1 unspecified atom stereocenters. The number of nitrogens with zero attached hydrogens (tertiary/aromatic N) is 2. The van der Waals surface area contributed by atoms with Crippen LogP contribution < -0.4 is 24.8 Å². The summed E-state index contributed by atoms with van der Waals surface area (Å²) >= 11 is 0. The number of aliphatic imine (C=N–C) groups is 1. The highest BCUT2D eigenvalue weighted by molar-refractivity contribution is 14.0. The third kappa shape index (κ3) is 7.14. The third-order valence-corrected chi connectivity index (χ3v) is 5.84. The van der Waals surface area contributed by atoms with E-state index < -0.39 is 0 Å². The second-order valence-electron chi connectivity index (χ2n) is 7.95. The molecule has 1 aliphatic rings. The molecule has 182 valence electrons. The Morgan fingerprint density at radius 3 is 2.30 bits per heavy atom. The van der Waals surface area contributed by atoms with Gasteiger partial charge in [-0.1, -0.05) is 24.3 Å². The van der Waals surface area contributed by atoms with E-state index in [0.717, 1.165) is 44.1 Å². The molecular formula is C25H37IN4O3. The highest BCUT2D eigenvalue weighted by Gasteiger charge is 2.20. The molecule has 2 aromatic carbocycles. The molecule has 3 rings (SSSR count). The van der Waals surface area contributed by atoms with Gasteiger partial charge in [0, 0.05) is 32.2 Å². The summed E-state index contributed by atoms with van der Waals surface area (Å²) in [5.41, 5.74) is 3.90. The van der Waals surface area contributed by atoms with E-state index in [-0.39, 0.29) is 24.0 Å². The lowest BCUT2D eigenvalue weighted by atomic mass is 9.99. The summed E-state index contributed by atoms with van der Waals surface area (Å²) in [6, 6.07) is 13.0. The van der Waals surface area contributed by atoms with Gasteiger partial charge < -0.3 is 24.8 Å². The summed E-state index contributed by atoms with van der Waals surface area (Å²) < 4.78 is 16.3. The fraction of sp³-hybridized carbons (Fsp3) is 0.480. The largest absolute Gasteiger partial charge is 0.493 e. The van der Waals surface area contributed by atoms with Gasteiger partial charge in [-0.2, -0.15) is 0 Å². The van der Waals surface area contributed by atoms with Crippen molar-refractivity contribution in [3.63, 3.8) is 0 Å². The molecule has 8 heteroatoms. The first-order chi connectivity index (χ1) is 15.6. The lowest BCUT2D eigenvalue weighted by molar-refractivity contribution is 0.191. The van der Waals surface area contributed by atoms with E-state index in [1.54, 1.807) is 21.3 Å². The second kappa shape index (κ2) is 13.5. The smallest absolute Gasteiger partial charge is 0.203 e. The lowest BCUT2D eigenvalue weighted by Crippen LogP contribution is -2.47. The van der Waals surface area contributed by atoms with Crippen molar-refractivity contribution in [2.45, 2.75) is 39.4 Å². The number of ether oxygens (including phenoxy) is 3. The van der Waals surface area contributed by atoms with Crippen LogP contribution in [-0.4, -0.2) is 57.9 Å². The molecule has 0 saturated heterocycles. The third-order valence-electron chi connectivity index (χ3n) is 5.84. The van der Waals surface area contributed by atoms with Gasteiger partial charge in [0.05, 0.1) is 27.9 Å². The molecule has 1 heterocycles. The Labute approximate surface area is 214 Å². The number of guanidine groups is 1. The van der Waals surface area contributed by atoms with Gasteiger partial charge in [-0.3, -0.25) is 4.90 Å². The van der Waals surface area contributed by atoms with Gasteiger partial charge in [-0.05, 0) is 49.1 Å². The molecule has 0 fully saturated rings. The van der Waals surface area contributed by atoms with Crippen molar-refractivity contribution in [3.05, 3.63) is 53.1 Å². The van der Waals surface area contributed by atoms with Crippen molar-refractivity contribution in [1.82, 2.24) is 15.5 Å². The first-order valence-corrected chi connectivity index (χ1v) is 11.2. The number of nitrogens with one attached hydrogen (secondary N) is 2. The van der Waals surface area contributed by atoms with E-state index in [9.17, 15) is 0 Å². The SMILES string of the molecule is CCNC(=NCc1cc(OC)c(OC)c(OC)c1)NCC(C)N1CCc2ccccc2C1.I. The van der Waals surface area contributed by atoms with Crippen LogP contribution in [0.4, 0.5) is 0 Å². The van der Waals surface area contributed by atoms with Crippen molar-refractivity contribution >= 4 is 29.9 Å². The minimum absolute atomic E-state index is 0. The van der Waals surface area contributed by atoms with Crippen LogP contribution in [0.2, 0.25) is 0 Å². The fourth-order valence-corrected chi connectivity index (χ4v) is 4.01. The Morgan fingerprint density at radius 1 is 1.03 bits per heavy atom. The first-order valence-electron chi connectivity index (χ1n) is 11.2. The standard InChI is InChI=1S/C25H36N4O3.HI/c1-6-26-25(28-16-19-13-22(30-3)24(32-5)23(14-19)31-4)27-15-18(2)29-12-11-20-9-7-8-10-21(20)17-29;/h7-10,13-14,18H,6,11-12,15-17H2,1-5H3,(H2,26,27,28);1H. The predicted molar refractivity (Wildman–Crippen MR) is 144 cm³/mol. The van der Waals surface area contributed by atoms with Gasteiger partial charge in [0.1, 0.15) is 0 Å². The fourth-order valence-electron chi connectivity index (χ4n) is 4.01. The quantitative estimate of drug-likeness (QED) is 0.273. The molecule has 2 aromatic rings. The molecule has 2 N–H and O–H groups in total. The molecule has 0 saturated carbocycles. The highest BCUT2D eigenvalue weighted by atomic mass is 127.